The maximum absolute atomic E-state index is 11.5. The fraction of sp³-hybridized carbons (Fsp3) is 0.500. The molecule has 0 saturated heterocycles. The van der Waals surface area contributed by atoms with Crippen LogP contribution in [0.2, 0.25) is 0 Å². The third-order valence-electron chi connectivity index (χ3n) is 3.20. The standard InChI is InChI=1S/C14H19NO2/c15-10-14(16)11-5-4-8-13(9-11)17-12-6-2-1-3-7-12/h4-5,8-9,12H,1-3,6-7,10,15H2. The van der Waals surface area contributed by atoms with Crippen LogP contribution in [0.1, 0.15) is 42.5 Å². The van der Waals surface area contributed by atoms with Crippen LogP contribution in [0.15, 0.2) is 24.3 Å². The second-order valence-corrected chi connectivity index (χ2v) is 4.53. The lowest BCUT2D eigenvalue weighted by Crippen LogP contribution is -2.20. The van der Waals surface area contributed by atoms with Crippen molar-refractivity contribution in [2.45, 2.75) is 38.2 Å². The molecular formula is C14H19NO2. The summed E-state index contributed by atoms with van der Waals surface area (Å²) in [5.41, 5.74) is 5.99. The summed E-state index contributed by atoms with van der Waals surface area (Å²) in [4.78, 5) is 11.5. The van der Waals surface area contributed by atoms with Crippen LogP contribution in [0.3, 0.4) is 0 Å². The van der Waals surface area contributed by atoms with Crippen molar-refractivity contribution < 1.29 is 9.53 Å². The summed E-state index contributed by atoms with van der Waals surface area (Å²) in [6.45, 7) is 0.0485. The van der Waals surface area contributed by atoms with Gasteiger partial charge in [0.1, 0.15) is 5.75 Å². The summed E-state index contributed by atoms with van der Waals surface area (Å²) in [7, 11) is 0. The van der Waals surface area contributed by atoms with Gasteiger partial charge in [0.15, 0.2) is 5.78 Å². The smallest absolute Gasteiger partial charge is 0.176 e. The zero-order valence-electron chi connectivity index (χ0n) is 10.0. The first-order valence-corrected chi connectivity index (χ1v) is 6.29. The second kappa shape index (κ2) is 5.82. The first-order valence-electron chi connectivity index (χ1n) is 6.29. The highest BCUT2D eigenvalue weighted by atomic mass is 16.5. The summed E-state index contributed by atoms with van der Waals surface area (Å²) in [5.74, 6) is 0.746. The van der Waals surface area contributed by atoms with Crippen molar-refractivity contribution in [1.29, 1.82) is 0 Å². The van der Waals surface area contributed by atoms with Gasteiger partial charge < -0.3 is 10.5 Å². The lowest BCUT2D eigenvalue weighted by atomic mass is 9.98. The molecule has 0 heterocycles. The van der Waals surface area contributed by atoms with E-state index in [0.29, 0.717) is 11.7 Å². The number of hydrogen-bond acceptors (Lipinski definition) is 3. The number of nitrogens with two attached hydrogens (primary N) is 1. The molecule has 3 nitrogen and oxygen atoms in total. The Bertz CT molecular complexity index is 384. The Morgan fingerprint density at radius 2 is 2.06 bits per heavy atom. The van der Waals surface area contributed by atoms with Crippen LogP contribution < -0.4 is 10.5 Å². The molecule has 0 aliphatic heterocycles. The average Bonchev–Trinajstić information content (AvgIpc) is 2.39. The topological polar surface area (TPSA) is 52.3 Å². The molecule has 0 amide bonds. The van der Waals surface area contributed by atoms with Crippen LogP contribution >= 0.6 is 0 Å². The fourth-order valence-corrected chi connectivity index (χ4v) is 2.24. The van der Waals surface area contributed by atoms with Crippen LogP contribution in [-0.2, 0) is 0 Å². The number of Topliss-reactive ketones (excluding diaryl/α,β-unsaturated/α-hetero) is 1. The summed E-state index contributed by atoms with van der Waals surface area (Å²) < 4.78 is 5.90. The molecule has 0 spiro atoms. The van der Waals surface area contributed by atoms with Crippen molar-refractivity contribution in [1.82, 2.24) is 0 Å². The Balaban J connectivity index is 2.02. The molecule has 0 atom stereocenters. The van der Waals surface area contributed by atoms with Crippen molar-refractivity contribution in [3.8, 4) is 5.75 Å². The molecule has 0 radical (unpaired) electrons. The fourth-order valence-electron chi connectivity index (χ4n) is 2.24. The van der Waals surface area contributed by atoms with E-state index in [1.165, 1.54) is 19.3 Å². The van der Waals surface area contributed by atoms with E-state index in [2.05, 4.69) is 0 Å². The minimum Gasteiger partial charge on any atom is -0.490 e. The normalized spacial score (nSPS) is 16.8. The minimum atomic E-state index is -0.0425. The summed E-state index contributed by atoms with van der Waals surface area (Å²) in [6.07, 6.45) is 6.35. The first kappa shape index (κ1) is 12.1. The molecule has 92 valence electrons. The Labute approximate surface area is 102 Å². The highest BCUT2D eigenvalue weighted by molar-refractivity contribution is 5.97. The predicted octanol–water partition coefficient (Wildman–Crippen LogP) is 2.54. The maximum atomic E-state index is 11.5. The van der Waals surface area contributed by atoms with Gasteiger partial charge in [0, 0.05) is 5.56 Å². The Kier molecular flexibility index (Phi) is 4.15. The van der Waals surface area contributed by atoms with Crippen LogP contribution in [0, 0.1) is 0 Å². The van der Waals surface area contributed by atoms with E-state index < -0.39 is 0 Å². The van der Waals surface area contributed by atoms with E-state index in [1.54, 1.807) is 12.1 Å². The summed E-state index contributed by atoms with van der Waals surface area (Å²) in [5, 5.41) is 0. The van der Waals surface area contributed by atoms with E-state index in [4.69, 9.17) is 10.5 Å². The van der Waals surface area contributed by atoms with Gasteiger partial charge in [0.05, 0.1) is 12.6 Å². The number of ketones is 1. The molecule has 17 heavy (non-hydrogen) atoms. The SMILES string of the molecule is NCC(=O)c1cccc(OC2CCCCC2)c1. The number of benzene rings is 1. The van der Waals surface area contributed by atoms with E-state index >= 15 is 0 Å². The lowest BCUT2D eigenvalue weighted by Gasteiger charge is -2.23. The lowest BCUT2D eigenvalue weighted by molar-refractivity contribution is 0.1000. The van der Waals surface area contributed by atoms with Crippen molar-refractivity contribution in [2.24, 2.45) is 5.73 Å². The highest BCUT2D eigenvalue weighted by Crippen LogP contribution is 2.23. The average molecular weight is 233 g/mol. The van der Waals surface area contributed by atoms with Crippen LogP contribution in [0.5, 0.6) is 5.75 Å². The molecule has 1 aliphatic rings. The Hall–Kier alpha value is -1.35. The largest absolute Gasteiger partial charge is 0.490 e. The van der Waals surface area contributed by atoms with E-state index in [1.807, 2.05) is 12.1 Å². The molecule has 2 N–H and O–H groups in total. The Morgan fingerprint density at radius 1 is 1.29 bits per heavy atom. The van der Waals surface area contributed by atoms with Gasteiger partial charge in [-0.05, 0) is 37.8 Å². The van der Waals surface area contributed by atoms with Gasteiger partial charge in [-0.2, -0.15) is 0 Å². The van der Waals surface area contributed by atoms with Crippen LogP contribution in [0.25, 0.3) is 0 Å². The third kappa shape index (κ3) is 3.30. The number of ether oxygens (including phenoxy) is 1. The van der Waals surface area contributed by atoms with Gasteiger partial charge in [-0.3, -0.25) is 4.79 Å². The zero-order valence-corrected chi connectivity index (χ0v) is 10.0. The van der Waals surface area contributed by atoms with E-state index in [0.717, 1.165) is 18.6 Å². The first-order chi connectivity index (χ1) is 8.29. The maximum Gasteiger partial charge on any atom is 0.176 e. The van der Waals surface area contributed by atoms with Crippen molar-refractivity contribution >= 4 is 5.78 Å². The third-order valence-corrected chi connectivity index (χ3v) is 3.20. The molecule has 1 aromatic carbocycles. The van der Waals surface area contributed by atoms with Gasteiger partial charge >= 0.3 is 0 Å². The van der Waals surface area contributed by atoms with Crippen molar-refractivity contribution in [2.75, 3.05) is 6.54 Å². The number of carbonyl (C=O) groups excluding carboxylic acids is 1. The predicted molar refractivity (Wildman–Crippen MR) is 67.3 cm³/mol. The van der Waals surface area contributed by atoms with Gasteiger partial charge in [0.25, 0.3) is 0 Å². The van der Waals surface area contributed by atoms with Crippen molar-refractivity contribution in [3.05, 3.63) is 29.8 Å². The second-order valence-electron chi connectivity index (χ2n) is 4.53. The number of rotatable bonds is 4. The van der Waals surface area contributed by atoms with Gasteiger partial charge in [-0.15, -0.1) is 0 Å². The molecule has 0 aromatic heterocycles. The molecular weight excluding hydrogens is 214 g/mol. The van der Waals surface area contributed by atoms with Gasteiger partial charge in [-0.25, -0.2) is 0 Å². The highest BCUT2D eigenvalue weighted by Gasteiger charge is 2.15. The number of carbonyl (C=O) groups is 1. The summed E-state index contributed by atoms with van der Waals surface area (Å²) in [6, 6.07) is 7.33. The molecule has 1 aromatic rings. The quantitative estimate of drug-likeness (QED) is 0.813. The van der Waals surface area contributed by atoms with E-state index in [-0.39, 0.29) is 12.3 Å². The van der Waals surface area contributed by atoms with Crippen molar-refractivity contribution in [3.63, 3.8) is 0 Å². The molecule has 1 saturated carbocycles. The molecule has 0 unspecified atom stereocenters. The molecule has 2 rings (SSSR count). The number of hydrogen-bond donors (Lipinski definition) is 1. The zero-order chi connectivity index (χ0) is 12.1. The molecule has 3 heteroatoms. The summed E-state index contributed by atoms with van der Waals surface area (Å²) >= 11 is 0. The van der Waals surface area contributed by atoms with Crippen LogP contribution in [0.4, 0.5) is 0 Å². The Morgan fingerprint density at radius 3 is 2.76 bits per heavy atom. The monoisotopic (exact) mass is 233 g/mol. The molecule has 0 bridgehead atoms. The van der Waals surface area contributed by atoms with Gasteiger partial charge in [0.2, 0.25) is 0 Å². The molecule has 1 fully saturated rings. The van der Waals surface area contributed by atoms with E-state index in [9.17, 15) is 4.79 Å². The van der Waals surface area contributed by atoms with Crippen LogP contribution in [-0.4, -0.2) is 18.4 Å². The minimum absolute atomic E-state index is 0.0425. The molecule has 1 aliphatic carbocycles. The van der Waals surface area contributed by atoms with Gasteiger partial charge in [-0.1, -0.05) is 18.6 Å².